The van der Waals surface area contributed by atoms with Crippen molar-refractivity contribution < 1.29 is 57.5 Å². The SMILES string of the molecule is C[C@@H](c1ccccc1)N(CC(=O)N(CCCCN)CC(=O)N(CCc1c[nH]c2ccccc12)CC(=O)N(CCc1c[nH]c2ccccc12)CC(N)=O)C(=O)CN(CCCCN)C(=O)CN(CCCCN)C(=O)CN(C(=O)CN(C(=O)CN(CCCCN)C(=O)CN(Cc1ccccc1)C(=O)CN(Cc1ccccc1)C(=O)CNCCCCN)[C@@H](C)c1ccccc1)[C@@H](C)c1ccccc1. The Kier molecular flexibility index (Phi) is 43.9. The monoisotopic (exact) mass is 1840 g/mol. The number of carbonyl (C=O) groups is 12. The van der Waals surface area contributed by atoms with E-state index in [-0.39, 0.29) is 97.5 Å². The number of benzene rings is 7. The molecule has 718 valence electrons. The number of aromatic amines is 2. The van der Waals surface area contributed by atoms with Crippen LogP contribution < -0.4 is 39.7 Å². The summed E-state index contributed by atoms with van der Waals surface area (Å²) in [5.74, 6) is -7.18. The number of carbonyl (C=O) groups excluding carboxylic acids is 12. The molecule has 32 nitrogen and oxygen atoms in total. The number of rotatable bonds is 60. The molecule has 12 amide bonds. The molecule has 32 heteroatoms. The Morgan fingerprint density at radius 1 is 0.284 bits per heavy atom. The second kappa shape index (κ2) is 56.1. The molecule has 7 aromatic carbocycles. The van der Waals surface area contributed by atoms with Crippen LogP contribution in [0, 0.1) is 0 Å². The summed E-state index contributed by atoms with van der Waals surface area (Å²) in [5.41, 5.74) is 42.9. The summed E-state index contributed by atoms with van der Waals surface area (Å²) < 4.78 is 0. The summed E-state index contributed by atoms with van der Waals surface area (Å²) >= 11 is 0. The molecule has 134 heavy (non-hydrogen) atoms. The Bertz CT molecular complexity index is 5190. The van der Waals surface area contributed by atoms with Gasteiger partial charge in [0.2, 0.25) is 70.9 Å². The Labute approximate surface area is 787 Å². The predicted molar refractivity (Wildman–Crippen MR) is 520 cm³/mol. The summed E-state index contributed by atoms with van der Waals surface area (Å²) in [6.45, 7) is 1.72. The first-order chi connectivity index (χ1) is 64.9. The molecule has 2 aromatic heterocycles. The number of aromatic nitrogens is 2. The van der Waals surface area contributed by atoms with E-state index in [4.69, 9.17) is 34.4 Å². The molecule has 0 aliphatic carbocycles. The molecule has 0 aliphatic heterocycles. The fraction of sp³-hybridized carbons (Fsp3) is 0.431. The van der Waals surface area contributed by atoms with Crippen LogP contribution in [-0.4, -0.2) is 292 Å². The number of amides is 12. The normalized spacial score (nSPS) is 11.9. The van der Waals surface area contributed by atoms with Crippen molar-refractivity contribution in [3.8, 4) is 0 Å². The Balaban J connectivity index is 0.979. The van der Waals surface area contributed by atoms with E-state index >= 15 is 38.4 Å². The molecule has 0 unspecified atom stereocenters. The molecule has 0 saturated carbocycles. The molecular formula is C102H138N20O12. The Morgan fingerprint density at radius 2 is 0.545 bits per heavy atom. The van der Waals surface area contributed by atoms with Gasteiger partial charge >= 0.3 is 0 Å². The Hall–Kier alpha value is -13.0. The van der Waals surface area contributed by atoms with Gasteiger partial charge in [-0.25, -0.2) is 0 Å². The average molecular weight is 1840 g/mol. The smallest absolute Gasteiger partial charge is 0.243 e. The zero-order valence-electron chi connectivity index (χ0n) is 78.1. The second-order valence-electron chi connectivity index (χ2n) is 34.0. The number of hydrogen-bond donors (Lipinski definition) is 9. The van der Waals surface area contributed by atoms with E-state index in [2.05, 4.69) is 15.3 Å². The zero-order valence-corrected chi connectivity index (χ0v) is 78.1. The van der Waals surface area contributed by atoms with Gasteiger partial charge in [-0.2, -0.15) is 0 Å². The lowest BCUT2D eigenvalue weighted by Gasteiger charge is -2.37. The molecule has 15 N–H and O–H groups in total. The number of nitrogens with zero attached hydrogens (tertiary/aromatic N) is 11. The minimum Gasteiger partial charge on any atom is -0.368 e. The van der Waals surface area contributed by atoms with Crippen molar-refractivity contribution in [3.63, 3.8) is 0 Å². The van der Waals surface area contributed by atoms with Gasteiger partial charge in [-0.05, 0) is 188 Å². The standard InChI is InChI=1S/C102H138N20O12/c1-77(82-37-13-6-14-38-82)120(74-98(130)113(56-30-25-51-105)68-95(127)117(60-48-86-62-111-90-46-22-20-44-88(86)90)69-94(126)116(66-91(108)123)59-47-85-61-110-89-45-21-19-43-87(85)89)100(132)72-114(57-31-26-52-106)93(125)67-112(55-29-24-50-104)99(131)75-121(78(2)83-39-15-7-16-40-83)102(134)76-122(79(3)84-41-17-8-18-42-84)101(133)73-115(58-32-27-53-107)96(128)70-119(65-81-35-11-5-12-36-81)97(129)71-118(64-80-33-9-4-10-34-80)92(124)63-109-54-28-23-49-103/h4-22,33-46,61-62,77-79,109-111H,23-32,47-60,63-76,103-107H2,1-3H3,(H2,108,123)/t77-,78-,79-/m0/s1. The summed E-state index contributed by atoms with van der Waals surface area (Å²) in [6, 6.07) is 58.4. The maximum absolute atomic E-state index is 15.9. The maximum atomic E-state index is 15.9. The zero-order chi connectivity index (χ0) is 96.1. The van der Waals surface area contributed by atoms with E-state index in [9.17, 15) is 19.2 Å². The summed E-state index contributed by atoms with van der Waals surface area (Å²) in [7, 11) is 0. The highest BCUT2D eigenvalue weighted by molar-refractivity contribution is 5.96. The lowest BCUT2D eigenvalue weighted by atomic mass is 10.1. The number of hydrogen-bond acceptors (Lipinski definition) is 18. The van der Waals surface area contributed by atoms with Crippen molar-refractivity contribution in [3.05, 3.63) is 252 Å². The van der Waals surface area contributed by atoms with Gasteiger partial charge in [-0.1, -0.05) is 188 Å². The van der Waals surface area contributed by atoms with Crippen LogP contribution in [0.5, 0.6) is 0 Å². The molecule has 3 atom stereocenters. The Morgan fingerprint density at radius 3 is 0.888 bits per heavy atom. The first-order valence-corrected chi connectivity index (χ1v) is 46.8. The molecule has 2 heterocycles. The molecule has 0 saturated heterocycles. The lowest BCUT2D eigenvalue weighted by Crippen LogP contribution is -2.53. The maximum Gasteiger partial charge on any atom is 0.243 e. The van der Waals surface area contributed by atoms with Crippen LogP contribution in [-0.2, 0) is 83.5 Å². The van der Waals surface area contributed by atoms with Crippen molar-refractivity contribution in [1.82, 2.24) is 69.2 Å². The largest absolute Gasteiger partial charge is 0.368 e. The molecule has 9 aromatic rings. The number of fused-ring (bicyclic) bond motifs is 2. The van der Waals surface area contributed by atoms with E-state index in [1.807, 2.05) is 176 Å². The van der Waals surface area contributed by atoms with Crippen molar-refractivity contribution in [2.24, 2.45) is 34.4 Å². The van der Waals surface area contributed by atoms with Crippen molar-refractivity contribution in [1.29, 1.82) is 0 Å². The summed E-state index contributed by atoms with van der Waals surface area (Å²) in [4.78, 5) is 203. The van der Waals surface area contributed by atoms with Crippen molar-refractivity contribution in [2.75, 3.05) is 157 Å². The third kappa shape index (κ3) is 33.0. The first-order valence-electron chi connectivity index (χ1n) is 46.8. The average Bonchev–Trinajstić information content (AvgIpc) is 1.19. The van der Waals surface area contributed by atoms with Crippen LogP contribution in [0.3, 0.4) is 0 Å². The molecule has 0 aliphatic rings. The van der Waals surface area contributed by atoms with Crippen LogP contribution in [0.1, 0.15) is 142 Å². The minimum atomic E-state index is -0.838. The number of para-hydroxylation sites is 2. The lowest BCUT2D eigenvalue weighted by molar-refractivity contribution is -0.151. The third-order valence-electron chi connectivity index (χ3n) is 24.3. The highest BCUT2D eigenvalue weighted by Gasteiger charge is 2.37. The minimum absolute atomic E-state index is 0.00890. The molecule has 0 bridgehead atoms. The second-order valence-corrected chi connectivity index (χ2v) is 34.0. The fourth-order valence-corrected chi connectivity index (χ4v) is 16.3. The number of primary amides is 1. The summed E-state index contributed by atoms with van der Waals surface area (Å²) in [5, 5.41) is 5.05. The van der Waals surface area contributed by atoms with E-state index < -0.39 is 149 Å². The van der Waals surface area contributed by atoms with Gasteiger partial charge in [0.05, 0.1) is 63.9 Å². The molecular weight excluding hydrogens is 1700 g/mol. The highest BCUT2D eigenvalue weighted by Crippen LogP contribution is 2.28. The van der Waals surface area contributed by atoms with Crippen LogP contribution in [0.2, 0.25) is 0 Å². The van der Waals surface area contributed by atoms with E-state index in [1.165, 1.54) is 53.9 Å². The van der Waals surface area contributed by atoms with Crippen molar-refractivity contribution in [2.45, 2.75) is 129 Å². The van der Waals surface area contributed by atoms with E-state index in [1.54, 1.807) is 57.2 Å². The number of nitrogens with two attached hydrogens (primary N) is 6. The number of unbranched alkanes of at least 4 members (excludes halogenated alkanes) is 5. The van der Waals surface area contributed by atoms with Gasteiger partial charge in [-0.15, -0.1) is 0 Å². The van der Waals surface area contributed by atoms with Crippen LogP contribution in [0.15, 0.2) is 213 Å². The fourth-order valence-electron chi connectivity index (χ4n) is 16.3. The van der Waals surface area contributed by atoms with Crippen molar-refractivity contribution >= 4 is 92.7 Å². The first kappa shape index (κ1) is 105. The van der Waals surface area contributed by atoms with Gasteiger partial charge < -0.3 is 104 Å². The molecule has 0 spiro atoms. The van der Waals surface area contributed by atoms with Crippen LogP contribution in [0.4, 0.5) is 0 Å². The molecule has 0 radical (unpaired) electrons. The number of H-pyrrole nitrogens is 2. The quantitative estimate of drug-likeness (QED) is 0.0173. The molecule has 9 rings (SSSR count). The van der Waals surface area contributed by atoms with Crippen LogP contribution in [0.25, 0.3) is 21.8 Å². The predicted octanol–water partition coefficient (Wildman–Crippen LogP) is 7.00. The van der Waals surface area contributed by atoms with Gasteiger partial charge in [0.1, 0.15) is 32.7 Å². The molecule has 0 fully saturated rings. The third-order valence-corrected chi connectivity index (χ3v) is 24.3. The van der Waals surface area contributed by atoms with Gasteiger partial charge in [0.15, 0.2) is 0 Å². The van der Waals surface area contributed by atoms with Gasteiger partial charge in [0, 0.05) is 86.6 Å². The van der Waals surface area contributed by atoms with E-state index in [0.29, 0.717) is 99.6 Å². The van der Waals surface area contributed by atoms with Gasteiger partial charge in [-0.3, -0.25) is 57.5 Å². The topological polar surface area (TPSA) is 440 Å². The summed E-state index contributed by atoms with van der Waals surface area (Å²) in [6.07, 6.45) is 9.06. The highest BCUT2D eigenvalue weighted by atomic mass is 16.2. The number of nitrogens with one attached hydrogen (secondary N) is 3. The van der Waals surface area contributed by atoms with Crippen LogP contribution >= 0.6 is 0 Å². The van der Waals surface area contributed by atoms with E-state index in [0.717, 1.165) is 51.3 Å². The van der Waals surface area contributed by atoms with Gasteiger partial charge in [0.25, 0.3) is 0 Å².